The molecular formula is C9H11NO3S. The largest absolute Gasteiger partial charge is 0.269 e. The molecule has 0 saturated heterocycles. The van der Waals surface area contributed by atoms with E-state index in [1.165, 1.54) is 0 Å². The molecule has 1 saturated carbocycles. The summed E-state index contributed by atoms with van der Waals surface area (Å²) in [4.78, 5) is 11.9. The average Bonchev–Trinajstić information content (AvgIpc) is 2.41. The SMILES string of the molecule is O=C1NS(=O)(=O)C2=C1C1CCC2CC1. The van der Waals surface area contributed by atoms with E-state index < -0.39 is 10.0 Å². The van der Waals surface area contributed by atoms with Crippen LogP contribution in [-0.4, -0.2) is 14.3 Å². The molecule has 0 aromatic rings. The van der Waals surface area contributed by atoms with Crippen LogP contribution < -0.4 is 4.72 Å². The maximum absolute atomic E-state index is 11.6. The molecule has 5 heteroatoms. The smallest absolute Gasteiger partial charge is 0.262 e. The summed E-state index contributed by atoms with van der Waals surface area (Å²) in [5, 5.41) is 0. The number of rotatable bonds is 0. The van der Waals surface area contributed by atoms with Crippen LogP contribution >= 0.6 is 0 Å². The first-order chi connectivity index (χ1) is 6.59. The normalized spacial score (nSPS) is 38.4. The highest BCUT2D eigenvalue weighted by Gasteiger charge is 2.48. The molecule has 0 aromatic carbocycles. The minimum absolute atomic E-state index is 0.110. The fourth-order valence-corrected chi connectivity index (χ4v) is 4.65. The van der Waals surface area contributed by atoms with Crippen LogP contribution in [0.1, 0.15) is 25.7 Å². The second-order valence-corrected chi connectivity index (χ2v) is 5.91. The van der Waals surface area contributed by atoms with Crippen LogP contribution in [0.2, 0.25) is 0 Å². The number of hydrogen-bond donors (Lipinski definition) is 1. The highest BCUT2D eigenvalue weighted by molar-refractivity contribution is 7.94. The number of fused-ring (bicyclic) bond motifs is 2. The van der Waals surface area contributed by atoms with E-state index in [4.69, 9.17) is 0 Å². The van der Waals surface area contributed by atoms with Gasteiger partial charge in [-0.25, -0.2) is 13.1 Å². The van der Waals surface area contributed by atoms with Crippen LogP contribution in [0.15, 0.2) is 10.5 Å². The number of carbonyl (C=O) groups excluding carboxylic acids is 1. The Kier molecular flexibility index (Phi) is 1.45. The quantitative estimate of drug-likeness (QED) is 0.638. The second kappa shape index (κ2) is 2.39. The third kappa shape index (κ3) is 0.881. The van der Waals surface area contributed by atoms with Crippen molar-refractivity contribution in [3.05, 3.63) is 10.5 Å². The van der Waals surface area contributed by atoms with Crippen molar-refractivity contribution in [1.82, 2.24) is 4.72 Å². The summed E-state index contributed by atoms with van der Waals surface area (Å²) < 4.78 is 25.3. The molecule has 0 radical (unpaired) electrons. The molecular weight excluding hydrogens is 202 g/mol. The molecule has 0 unspecified atom stereocenters. The van der Waals surface area contributed by atoms with Gasteiger partial charge in [0.15, 0.2) is 0 Å². The molecule has 1 aliphatic heterocycles. The standard InChI is InChI=1S/C9H11NO3S/c11-9-7-5-1-3-6(4-2-5)8(7)14(12,13)10-9/h5-6H,1-4H2,(H,10,11). The fraction of sp³-hybridized carbons (Fsp3) is 0.667. The maximum atomic E-state index is 11.6. The molecule has 0 atom stereocenters. The first-order valence-electron chi connectivity index (χ1n) is 4.91. The van der Waals surface area contributed by atoms with Crippen LogP contribution in [0.3, 0.4) is 0 Å². The Morgan fingerprint density at radius 3 is 2.21 bits per heavy atom. The molecule has 4 rings (SSSR count). The summed E-state index contributed by atoms with van der Waals surface area (Å²) in [6.45, 7) is 0. The fourth-order valence-electron chi connectivity index (χ4n) is 2.96. The van der Waals surface area contributed by atoms with Gasteiger partial charge >= 0.3 is 0 Å². The Labute approximate surface area is 82.4 Å². The number of amides is 1. The Hall–Kier alpha value is -0.840. The predicted octanol–water partition coefficient (Wildman–Crippen LogP) is 0.520. The van der Waals surface area contributed by atoms with Crippen LogP contribution in [-0.2, 0) is 14.8 Å². The minimum atomic E-state index is -3.45. The van der Waals surface area contributed by atoms with E-state index >= 15 is 0 Å². The Balaban J connectivity index is 2.26. The summed E-state index contributed by atoms with van der Waals surface area (Å²) >= 11 is 0. The summed E-state index contributed by atoms with van der Waals surface area (Å²) in [7, 11) is -3.45. The molecule has 1 N–H and O–H groups in total. The van der Waals surface area contributed by atoms with E-state index in [2.05, 4.69) is 4.72 Å². The topological polar surface area (TPSA) is 63.2 Å². The van der Waals surface area contributed by atoms with Gasteiger partial charge in [0, 0.05) is 5.57 Å². The lowest BCUT2D eigenvalue weighted by Gasteiger charge is -2.34. The van der Waals surface area contributed by atoms with Gasteiger partial charge < -0.3 is 0 Å². The molecule has 1 fully saturated rings. The zero-order chi connectivity index (χ0) is 9.92. The van der Waals surface area contributed by atoms with E-state index in [1.54, 1.807) is 0 Å². The lowest BCUT2D eigenvalue weighted by Crippen LogP contribution is -2.27. The maximum Gasteiger partial charge on any atom is 0.262 e. The van der Waals surface area contributed by atoms with Gasteiger partial charge in [0.1, 0.15) is 0 Å². The summed E-state index contributed by atoms with van der Waals surface area (Å²) in [6.07, 6.45) is 3.81. The van der Waals surface area contributed by atoms with Gasteiger partial charge in [-0.2, -0.15) is 0 Å². The average molecular weight is 213 g/mol. The van der Waals surface area contributed by atoms with Crippen LogP contribution in [0.4, 0.5) is 0 Å². The van der Waals surface area contributed by atoms with Crippen LogP contribution in [0, 0.1) is 11.8 Å². The van der Waals surface area contributed by atoms with Gasteiger partial charge in [-0.15, -0.1) is 0 Å². The van der Waals surface area contributed by atoms with Crippen molar-refractivity contribution >= 4 is 15.9 Å². The van der Waals surface area contributed by atoms with Crippen molar-refractivity contribution in [2.24, 2.45) is 11.8 Å². The molecule has 14 heavy (non-hydrogen) atoms. The zero-order valence-electron chi connectivity index (χ0n) is 7.62. The summed E-state index contributed by atoms with van der Waals surface area (Å²) in [5.41, 5.74) is 0.576. The Morgan fingerprint density at radius 2 is 1.64 bits per heavy atom. The number of hydrogen-bond acceptors (Lipinski definition) is 3. The van der Waals surface area contributed by atoms with Gasteiger partial charge in [-0.1, -0.05) is 0 Å². The number of sulfonamides is 1. The minimum Gasteiger partial charge on any atom is -0.269 e. The molecule has 1 amide bonds. The number of nitrogens with one attached hydrogen (secondary N) is 1. The Morgan fingerprint density at radius 1 is 1.07 bits per heavy atom. The first kappa shape index (κ1) is 8.47. The highest BCUT2D eigenvalue weighted by atomic mass is 32.2. The predicted molar refractivity (Wildman–Crippen MR) is 49.5 cm³/mol. The molecule has 76 valence electrons. The summed E-state index contributed by atoms with van der Waals surface area (Å²) in [5.74, 6) is -0.0550. The van der Waals surface area contributed by atoms with Crippen molar-refractivity contribution in [2.75, 3.05) is 0 Å². The van der Waals surface area contributed by atoms with Crippen molar-refractivity contribution < 1.29 is 13.2 Å². The van der Waals surface area contributed by atoms with Gasteiger partial charge in [0.25, 0.3) is 15.9 Å². The van der Waals surface area contributed by atoms with Gasteiger partial charge in [0.2, 0.25) is 0 Å². The number of allylic oxidation sites excluding steroid dienone is 1. The van der Waals surface area contributed by atoms with Gasteiger partial charge in [-0.05, 0) is 37.5 Å². The van der Waals surface area contributed by atoms with E-state index in [0.717, 1.165) is 25.7 Å². The molecule has 0 aromatic heterocycles. The monoisotopic (exact) mass is 213 g/mol. The molecule has 0 spiro atoms. The van der Waals surface area contributed by atoms with Crippen molar-refractivity contribution in [3.8, 4) is 0 Å². The molecule has 4 nitrogen and oxygen atoms in total. The van der Waals surface area contributed by atoms with Gasteiger partial charge in [0.05, 0.1) is 4.91 Å². The van der Waals surface area contributed by atoms with E-state index in [0.29, 0.717) is 10.5 Å². The van der Waals surface area contributed by atoms with Crippen LogP contribution in [0.5, 0.6) is 0 Å². The van der Waals surface area contributed by atoms with Gasteiger partial charge in [-0.3, -0.25) is 4.79 Å². The molecule has 4 aliphatic rings. The lowest BCUT2D eigenvalue weighted by atomic mass is 9.71. The molecule has 3 aliphatic carbocycles. The van der Waals surface area contributed by atoms with Crippen LogP contribution in [0.25, 0.3) is 0 Å². The highest BCUT2D eigenvalue weighted by Crippen LogP contribution is 2.48. The summed E-state index contributed by atoms with van der Waals surface area (Å²) in [6, 6.07) is 0. The molecule has 1 heterocycles. The zero-order valence-corrected chi connectivity index (χ0v) is 8.43. The van der Waals surface area contributed by atoms with Crippen molar-refractivity contribution in [3.63, 3.8) is 0 Å². The van der Waals surface area contributed by atoms with E-state index in [1.807, 2.05) is 0 Å². The number of carbonyl (C=O) groups is 1. The van der Waals surface area contributed by atoms with E-state index in [9.17, 15) is 13.2 Å². The van der Waals surface area contributed by atoms with Crippen molar-refractivity contribution in [2.45, 2.75) is 25.7 Å². The van der Waals surface area contributed by atoms with Crippen molar-refractivity contribution in [1.29, 1.82) is 0 Å². The third-order valence-corrected chi connectivity index (χ3v) is 5.12. The first-order valence-corrected chi connectivity index (χ1v) is 6.39. The van der Waals surface area contributed by atoms with E-state index in [-0.39, 0.29) is 17.7 Å². The third-order valence-electron chi connectivity index (χ3n) is 3.53. The lowest BCUT2D eigenvalue weighted by molar-refractivity contribution is -0.116. The Bertz CT molecular complexity index is 441. The second-order valence-electron chi connectivity index (χ2n) is 4.26. The molecule has 2 bridgehead atoms.